The molecule has 1 aliphatic rings. The van der Waals surface area contributed by atoms with Gasteiger partial charge in [-0.1, -0.05) is 6.08 Å². The Labute approximate surface area is 107 Å². The Bertz CT molecular complexity index is 594. The molecule has 0 unspecified atom stereocenters. The standard InChI is InChI=1S/C11H10N4O4/c16-14(17)9-5-6-10(11(7-9)15(18)19)13-12-8-3-1-2-4-8/h1,3,5-7,13H,2,4H2. The second kappa shape index (κ2) is 5.25. The van der Waals surface area contributed by atoms with Crippen LogP contribution in [-0.4, -0.2) is 15.6 Å². The van der Waals surface area contributed by atoms with E-state index < -0.39 is 9.85 Å². The maximum atomic E-state index is 10.9. The Morgan fingerprint density at radius 3 is 2.58 bits per heavy atom. The van der Waals surface area contributed by atoms with Crippen LogP contribution in [-0.2, 0) is 0 Å². The van der Waals surface area contributed by atoms with Gasteiger partial charge in [0.2, 0.25) is 0 Å². The van der Waals surface area contributed by atoms with Crippen molar-refractivity contribution in [2.24, 2.45) is 5.10 Å². The highest BCUT2D eigenvalue weighted by Gasteiger charge is 2.19. The topological polar surface area (TPSA) is 111 Å². The number of allylic oxidation sites excluding steroid dienone is 2. The van der Waals surface area contributed by atoms with Crippen LogP contribution >= 0.6 is 0 Å². The molecule has 19 heavy (non-hydrogen) atoms. The van der Waals surface area contributed by atoms with Gasteiger partial charge >= 0.3 is 5.69 Å². The fourth-order valence-corrected chi connectivity index (χ4v) is 1.64. The predicted molar refractivity (Wildman–Crippen MR) is 69.2 cm³/mol. The van der Waals surface area contributed by atoms with E-state index >= 15 is 0 Å². The molecule has 0 amide bonds. The van der Waals surface area contributed by atoms with Crippen LogP contribution in [0.1, 0.15) is 12.8 Å². The van der Waals surface area contributed by atoms with E-state index in [0.29, 0.717) is 0 Å². The second-order valence-corrected chi connectivity index (χ2v) is 3.87. The van der Waals surface area contributed by atoms with Gasteiger partial charge in [-0.3, -0.25) is 25.7 Å². The minimum atomic E-state index is -0.681. The van der Waals surface area contributed by atoms with Gasteiger partial charge in [0.25, 0.3) is 5.69 Å². The molecule has 0 atom stereocenters. The van der Waals surface area contributed by atoms with E-state index in [2.05, 4.69) is 10.5 Å². The van der Waals surface area contributed by atoms with Crippen LogP contribution in [0.4, 0.5) is 17.1 Å². The van der Waals surface area contributed by atoms with Crippen LogP contribution in [0.25, 0.3) is 0 Å². The Morgan fingerprint density at radius 2 is 2.00 bits per heavy atom. The summed E-state index contributed by atoms with van der Waals surface area (Å²) in [6, 6.07) is 3.38. The van der Waals surface area contributed by atoms with Gasteiger partial charge in [0.05, 0.1) is 21.6 Å². The highest BCUT2D eigenvalue weighted by molar-refractivity contribution is 5.97. The van der Waals surface area contributed by atoms with E-state index in [4.69, 9.17) is 0 Å². The molecule has 0 heterocycles. The fourth-order valence-electron chi connectivity index (χ4n) is 1.64. The number of hydrogen-bond donors (Lipinski definition) is 1. The van der Waals surface area contributed by atoms with Gasteiger partial charge in [-0.15, -0.1) is 0 Å². The number of nitrogens with one attached hydrogen (secondary N) is 1. The molecule has 0 fully saturated rings. The first-order chi connectivity index (χ1) is 9.08. The second-order valence-electron chi connectivity index (χ2n) is 3.87. The summed E-state index contributed by atoms with van der Waals surface area (Å²) in [5.74, 6) is 0. The van der Waals surface area contributed by atoms with Crippen molar-refractivity contribution in [2.75, 3.05) is 5.43 Å². The van der Waals surface area contributed by atoms with Gasteiger partial charge in [0.1, 0.15) is 5.69 Å². The summed E-state index contributed by atoms with van der Waals surface area (Å²) in [6.45, 7) is 0. The Hall–Kier alpha value is -2.77. The lowest BCUT2D eigenvalue weighted by Gasteiger charge is -2.02. The third kappa shape index (κ3) is 2.92. The molecule has 1 aliphatic carbocycles. The molecule has 0 saturated carbocycles. The fraction of sp³-hybridized carbons (Fsp3) is 0.182. The zero-order valence-corrected chi connectivity index (χ0v) is 9.78. The SMILES string of the molecule is O=[N+]([O-])c1ccc(NN=C2C=CCC2)c([N+](=O)[O-])c1. The third-order valence-electron chi connectivity index (χ3n) is 2.59. The number of non-ortho nitro benzene ring substituents is 1. The molecule has 98 valence electrons. The minimum absolute atomic E-state index is 0.128. The number of benzene rings is 1. The predicted octanol–water partition coefficient (Wildman–Crippen LogP) is 2.62. The van der Waals surface area contributed by atoms with Crippen LogP contribution in [0.15, 0.2) is 35.5 Å². The lowest BCUT2D eigenvalue weighted by Crippen LogP contribution is -2.00. The summed E-state index contributed by atoms with van der Waals surface area (Å²) in [7, 11) is 0. The molecule has 1 aromatic rings. The number of nitro benzene ring substituents is 2. The lowest BCUT2D eigenvalue weighted by atomic mass is 10.2. The van der Waals surface area contributed by atoms with Gasteiger partial charge in [0.15, 0.2) is 0 Å². The Balaban J connectivity index is 2.29. The molecule has 0 radical (unpaired) electrons. The van der Waals surface area contributed by atoms with E-state index in [0.717, 1.165) is 24.6 Å². The van der Waals surface area contributed by atoms with E-state index in [-0.39, 0.29) is 17.1 Å². The van der Waals surface area contributed by atoms with Crippen molar-refractivity contribution in [1.82, 2.24) is 0 Å². The first kappa shape index (κ1) is 12.7. The monoisotopic (exact) mass is 262 g/mol. The van der Waals surface area contributed by atoms with E-state index in [9.17, 15) is 20.2 Å². The third-order valence-corrected chi connectivity index (χ3v) is 2.59. The summed E-state index contributed by atoms with van der Waals surface area (Å²) < 4.78 is 0. The molecular weight excluding hydrogens is 252 g/mol. The van der Waals surface area contributed by atoms with Crippen molar-refractivity contribution >= 4 is 22.8 Å². The quantitative estimate of drug-likeness (QED) is 0.662. The number of anilines is 1. The van der Waals surface area contributed by atoms with Crippen LogP contribution in [0.5, 0.6) is 0 Å². The molecule has 8 heteroatoms. The van der Waals surface area contributed by atoms with Crippen molar-refractivity contribution in [2.45, 2.75) is 12.8 Å². The first-order valence-corrected chi connectivity index (χ1v) is 5.50. The molecule has 1 aromatic carbocycles. The molecule has 2 rings (SSSR count). The van der Waals surface area contributed by atoms with Gasteiger partial charge in [0, 0.05) is 6.07 Å². The molecular formula is C11H10N4O4. The van der Waals surface area contributed by atoms with Crippen LogP contribution in [0.2, 0.25) is 0 Å². The minimum Gasteiger partial charge on any atom is -0.271 e. The molecule has 0 spiro atoms. The van der Waals surface area contributed by atoms with E-state index in [1.807, 2.05) is 12.2 Å². The zero-order valence-electron chi connectivity index (χ0n) is 9.78. The summed E-state index contributed by atoms with van der Waals surface area (Å²) in [5.41, 5.74) is 2.79. The summed E-state index contributed by atoms with van der Waals surface area (Å²) in [6.07, 6.45) is 5.44. The number of nitrogens with zero attached hydrogens (tertiary/aromatic N) is 3. The van der Waals surface area contributed by atoms with Crippen molar-refractivity contribution in [3.63, 3.8) is 0 Å². The van der Waals surface area contributed by atoms with Crippen LogP contribution in [0.3, 0.4) is 0 Å². The van der Waals surface area contributed by atoms with Crippen molar-refractivity contribution in [3.8, 4) is 0 Å². The van der Waals surface area contributed by atoms with Gasteiger partial charge in [-0.05, 0) is 25.0 Å². The van der Waals surface area contributed by atoms with Crippen molar-refractivity contribution in [3.05, 3.63) is 50.6 Å². The largest absolute Gasteiger partial charge is 0.301 e. The molecule has 0 aromatic heterocycles. The number of hydrazone groups is 1. The van der Waals surface area contributed by atoms with Crippen molar-refractivity contribution in [1.29, 1.82) is 0 Å². The number of nitro groups is 2. The molecule has 0 bridgehead atoms. The summed E-state index contributed by atoms with van der Waals surface area (Å²) >= 11 is 0. The molecule has 1 N–H and O–H groups in total. The van der Waals surface area contributed by atoms with Gasteiger partial charge < -0.3 is 0 Å². The number of rotatable bonds is 4. The highest BCUT2D eigenvalue weighted by Crippen LogP contribution is 2.29. The Morgan fingerprint density at radius 1 is 1.21 bits per heavy atom. The Kier molecular flexibility index (Phi) is 3.51. The average Bonchev–Trinajstić information content (AvgIpc) is 2.89. The average molecular weight is 262 g/mol. The lowest BCUT2D eigenvalue weighted by molar-refractivity contribution is -0.393. The smallest absolute Gasteiger partial charge is 0.271 e. The van der Waals surface area contributed by atoms with Crippen LogP contribution in [0, 0.1) is 20.2 Å². The number of hydrogen-bond acceptors (Lipinski definition) is 6. The van der Waals surface area contributed by atoms with Crippen molar-refractivity contribution < 1.29 is 9.85 Å². The van der Waals surface area contributed by atoms with E-state index in [1.54, 1.807) is 0 Å². The molecule has 8 nitrogen and oxygen atoms in total. The highest BCUT2D eigenvalue weighted by atomic mass is 16.6. The van der Waals surface area contributed by atoms with Crippen LogP contribution < -0.4 is 5.43 Å². The summed E-state index contributed by atoms with van der Waals surface area (Å²) in [4.78, 5) is 20.1. The maximum absolute atomic E-state index is 10.9. The molecule has 0 saturated heterocycles. The normalized spacial score (nSPS) is 15.7. The summed E-state index contributed by atoms with van der Waals surface area (Å²) in [5, 5.41) is 25.5. The molecule has 0 aliphatic heterocycles. The maximum Gasteiger partial charge on any atom is 0.301 e. The zero-order chi connectivity index (χ0) is 13.8. The van der Waals surface area contributed by atoms with Gasteiger partial charge in [-0.25, -0.2) is 0 Å². The first-order valence-electron chi connectivity index (χ1n) is 5.50. The van der Waals surface area contributed by atoms with E-state index in [1.165, 1.54) is 12.1 Å². The van der Waals surface area contributed by atoms with Gasteiger partial charge in [-0.2, -0.15) is 5.10 Å².